The summed E-state index contributed by atoms with van der Waals surface area (Å²) >= 11 is 0. The van der Waals surface area contributed by atoms with Crippen LogP contribution in [0.15, 0.2) is 24.3 Å². The van der Waals surface area contributed by atoms with Crippen molar-refractivity contribution >= 4 is 17.3 Å². The first kappa shape index (κ1) is 15.8. The molecule has 1 aromatic rings. The number of hydrogen-bond acceptors (Lipinski definition) is 4. The third-order valence-electron chi connectivity index (χ3n) is 3.89. The van der Waals surface area contributed by atoms with Crippen LogP contribution in [0, 0.1) is 0 Å². The number of morpholine rings is 1. The van der Waals surface area contributed by atoms with Crippen molar-refractivity contribution in [3.63, 3.8) is 0 Å². The monoisotopic (exact) mass is 291 g/mol. The Morgan fingerprint density at radius 3 is 2.90 bits per heavy atom. The lowest BCUT2D eigenvalue weighted by molar-refractivity contribution is -0.123. The summed E-state index contributed by atoms with van der Waals surface area (Å²) in [6, 6.07) is 8.00. The Labute approximate surface area is 126 Å². The zero-order valence-corrected chi connectivity index (χ0v) is 13.2. The van der Waals surface area contributed by atoms with Crippen LogP contribution in [0.4, 0.5) is 11.4 Å². The fourth-order valence-corrected chi connectivity index (χ4v) is 2.35. The Hall–Kier alpha value is -1.59. The van der Waals surface area contributed by atoms with Gasteiger partial charge < -0.3 is 20.3 Å². The van der Waals surface area contributed by atoms with E-state index in [2.05, 4.69) is 29.4 Å². The quantitative estimate of drug-likeness (QED) is 0.889. The van der Waals surface area contributed by atoms with E-state index in [1.54, 1.807) is 0 Å². The van der Waals surface area contributed by atoms with Crippen LogP contribution < -0.4 is 15.5 Å². The van der Waals surface area contributed by atoms with Crippen LogP contribution in [0.25, 0.3) is 0 Å². The lowest BCUT2D eigenvalue weighted by Gasteiger charge is -2.29. The van der Waals surface area contributed by atoms with E-state index in [0.717, 1.165) is 11.4 Å². The van der Waals surface area contributed by atoms with E-state index >= 15 is 0 Å². The Balaban J connectivity index is 2.05. The third kappa shape index (κ3) is 3.95. The van der Waals surface area contributed by atoms with E-state index in [1.165, 1.54) is 0 Å². The summed E-state index contributed by atoms with van der Waals surface area (Å²) < 4.78 is 5.51. The molecule has 0 aromatic heterocycles. The second-order valence-corrected chi connectivity index (χ2v) is 5.75. The average molecular weight is 291 g/mol. The SMILES string of the molecule is CC(C)N(C)c1cccc(NC(=O)[C@H]2NCCO[C@@H]2C)c1. The lowest BCUT2D eigenvalue weighted by Crippen LogP contribution is -2.53. The number of carbonyl (C=O) groups is 1. The molecule has 1 heterocycles. The standard InChI is InChI=1S/C16H25N3O2/c1-11(2)19(4)14-7-5-6-13(10-14)18-16(20)15-12(3)21-9-8-17-15/h5-7,10-12,15,17H,8-9H2,1-4H3,(H,18,20)/t12-,15+/m1/s1. The number of carbonyl (C=O) groups excluding carboxylic acids is 1. The van der Waals surface area contributed by atoms with Crippen molar-refractivity contribution in [2.45, 2.75) is 39.0 Å². The molecular formula is C16H25N3O2. The van der Waals surface area contributed by atoms with Crippen molar-refractivity contribution in [2.24, 2.45) is 0 Å². The van der Waals surface area contributed by atoms with Gasteiger partial charge in [-0.25, -0.2) is 0 Å². The fourth-order valence-electron chi connectivity index (χ4n) is 2.35. The number of anilines is 2. The maximum Gasteiger partial charge on any atom is 0.244 e. The molecule has 2 rings (SSSR count). The molecule has 5 heteroatoms. The number of benzene rings is 1. The van der Waals surface area contributed by atoms with Gasteiger partial charge in [-0.3, -0.25) is 4.79 Å². The molecule has 0 bridgehead atoms. The highest BCUT2D eigenvalue weighted by Crippen LogP contribution is 2.20. The zero-order valence-electron chi connectivity index (χ0n) is 13.2. The molecule has 1 aromatic carbocycles. The summed E-state index contributed by atoms with van der Waals surface area (Å²) in [6.45, 7) is 7.55. The van der Waals surface area contributed by atoms with Crippen LogP contribution in [-0.2, 0) is 9.53 Å². The molecule has 0 spiro atoms. The summed E-state index contributed by atoms with van der Waals surface area (Å²) in [5, 5.41) is 6.17. The predicted octanol–water partition coefficient (Wildman–Crippen LogP) is 1.85. The highest BCUT2D eigenvalue weighted by Gasteiger charge is 2.28. The first-order valence-electron chi connectivity index (χ1n) is 7.48. The molecule has 1 aliphatic heterocycles. The summed E-state index contributed by atoms with van der Waals surface area (Å²) in [5.74, 6) is -0.0495. The van der Waals surface area contributed by atoms with Crippen LogP contribution in [0.2, 0.25) is 0 Å². The Bertz CT molecular complexity index is 490. The second kappa shape index (κ2) is 6.91. The maximum absolute atomic E-state index is 12.3. The highest BCUT2D eigenvalue weighted by molar-refractivity contribution is 5.95. The van der Waals surface area contributed by atoms with Gasteiger partial charge in [-0.15, -0.1) is 0 Å². The van der Waals surface area contributed by atoms with Crippen molar-refractivity contribution in [3.05, 3.63) is 24.3 Å². The first-order valence-corrected chi connectivity index (χ1v) is 7.48. The Morgan fingerprint density at radius 1 is 1.48 bits per heavy atom. The molecule has 0 saturated carbocycles. The Morgan fingerprint density at radius 2 is 2.24 bits per heavy atom. The van der Waals surface area contributed by atoms with Gasteiger partial charge in [0.05, 0.1) is 12.7 Å². The zero-order chi connectivity index (χ0) is 15.4. The molecule has 116 valence electrons. The topological polar surface area (TPSA) is 53.6 Å². The van der Waals surface area contributed by atoms with Gasteiger partial charge in [-0.1, -0.05) is 6.07 Å². The van der Waals surface area contributed by atoms with Gasteiger partial charge in [0.2, 0.25) is 5.91 Å². The molecule has 0 unspecified atom stereocenters. The van der Waals surface area contributed by atoms with Gasteiger partial charge in [0, 0.05) is 31.0 Å². The van der Waals surface area contributed by atoms with Crippen molar-refractivity contribution in [2.75, 3.05) is 30.4 Å². The Kier molecular flexibility index (Phi) is 5.20. The van der Waals surface area contributed by atoms with Crippen LogP contribution in [0.3, 0.4) is 0 Å². The molecular weight excluding hydrogens is 266 g/mol. The molecule has 1 saturated heterocycles. The molecule has 1 aliphatic rings. The van der Waals surface area contributed by atoms with Crippen molar-refractivity contribution in [1.29, 1.82) is 0 Å². The molecule has 5 nitrogen and oxygen atoms in total. The number of amides is 1. The predicted molar refractivity (Wildman–Crippen MR) is 85.8 cm³/mol. The molecule has 1 fully saturated rings. The smallest absolute Gasteiger partial charge is 0.244 e. The number of hydrogen-bond donors (Lipinski definition) is 2. The van der Waals surface area contributed by atoms with Crippen molar-refractivity contribution in [1.82, 2.24) is 5.32 Å². The summed E-state index contributed by atoms with van der Waals surface area (Å²) in [7, 11) is 2.05. The van der Waals surface area contributed by atoms with Gasteiger partial charge >= 0.3 is 0 Å². The fraction of sp³-hybridized carbons (Fsp3) is 0.562. The van der Waals surface area contributed by atoms with E-state index < -0.39 is 0 Å². The summed E-state index contributed by atoms with van der Waals surface area (Å²) in [5.41, 5.74) is 1.90. The van der Waals surface area contributed by atoms with Gasteiger partial charge in [-0.05, 0) is 39.0 Å². The molecule has 0 radical (unpaired) electrons. The highest BCUT2D eigenvalue weighted by atomic mass is 16.5. The van der Waals surface area contributed by atoms with Gasteiger partial charge in [-0.2, -0.15) is 0 Å². The van der Waals surface area contributed by atoms with Gasteiger partial charge in [0.1, 0.15) is 6.04 Å². The molecule has 21 heavy (non-hydrogen) atoms. The number of rotatable bonds is 4. The van der Waals surface area contributed by atoms with Crippen LogP contribution in [-0.4, -0.2) is 44.3 Å². The molecule has 1 amide bonds. The number of nitrogens with zero attached hydrogens (tertiary/aromatic N) is 1. The maximum atomic E-state index is 12.3. The first-order chi connectivity index (χ1) is 9.99. The molecule has 2 N–H and O–H groups in total. The average Bonchev–Trinajstić information content (AvgIpc) is 2.47. The number of ether oxygens (including phenoxy) is 1. The third-order valence-corrected chi connectivity index (χ3v) is 3.89. The minimum Gasteiger partial charge on any atom is -0.375 e. The summed E-state index contributed by atoms with van der Waals surface area (Å²) in [6.07, 6.45) is -0.111. The van der Waals surface area contributed by atoms with Crippen molar-refractivity contribution in [3.8, 4) is 0 Å². The minimum atomic E-state index is -0.301. The van der Waals surface area contributed by atoms with Crippen LogP contribution in [0.1, 0.15) is 20.8 Å². The van der Waals surface area contributed by atoms with Crippen LogP contribution in [0.5, 0.6) is 0 Å². The van der Waals surface area contributed by atoms with E-state index in [-0.39, 0.29) is 18.1 Å². The van der Waals surface area contributed by atoms with E-state index in [9.17, 15) is 4.79 Å². The van der Waals surface area contributed by atoms with Crippen LogP contribution >= 0.6 is 0 Å². The largest absolute Gasteiger partial charge is 0.375 e. The number of nitrogens with one attached hydrogen (secondary N) is 2. The molecule has 0 aliphatic carbocycles. The van der Waals surface area contributed by atoms with E-state index in [4.69, 9.17) is 4.74 Å². The molecule has 2 atom stereocenters. The van der Waals surface area contributed by atoms with Crippen molar-refractivity contribution < 1.29 is 9.53 Å². The van der Waals surface area contributed by atoms with E-state index in [1.807, 2.05) is 38.2 Å². The lowest BCUT2D eigenvalue weighted by atomic mass is 10.1. The van der Waals surface area contributed by atoms with Gasteiger partial charge in [0.25, 0.3) is 0 Å². The van der Waals surface area contributed by atoms with Gasteiger partial charge in [0.15, 0.2) is 0 Å². The second-order valence-electron chi connectivity index (χ2n) is 5.75. The summed E-state index contributed by atoms with van der Waals surface area (Å²) in [4.78, 5) is 14.5. The normalized spacial score (nSPS) is 22.1. The van der Waals surface area contributed by atoms with E-state index in [0.29, 0.717) is 19.2 Å². The minimum absolute atomic E-state index is 0.0495.